The average Bonchev–Trinajstić information content (AvgIpc) is 3.23. The first-order valence-electron chi connectivity index (χ1n) is 8.04. The van der Waals surface area contributed by atoms with E-state index in [-0.39, 0.29) is 17.3 Å². The number of Topliss-reactive ketones (excluding diaryl/α,β-unsaturated/α-hetero) is 1. The Labute approximate surface area is 141 Å². The molecule has 0 amide bonds. The molecule has 2 aromatic carbocycles. The molecule has 0 aliphatic heterocycles. The van der Waals surface area contributed by atoms with E-state index < -0.39 is 16.7 Å². The Morgan fingerprint density at radius 3 is 1.83 bits per heavy atom. The monoisotopic (exact) mass is 318 g/mol. The summed E-state index contributed by atoms with van der Waals surface area (Å²) in [5.41, 5.74) is 0.585. The van der Waals surface area contributed by atoms with Crippen molar-refractivity contribution in [2.24, 2.45) is 11.3 Å². The largest absolute Gasteiger partial charge is 0.493 e. The van der Waals surface area contributed by atoms with Crippen molar-refractivity contribution in [3.05, 3.63) is 83.6 Å². The summed E-state index contributed by atoms with van der Waals surface area (Å²) in [6.07, 6.45) is 1.37. The molecule has 0 aromatic heterocycles. The number of hydrogen-bond acceptors (Lipinski definition) is 3. The lowest BCUT2D eigenvalue weighted by Crippen LogP contribution is -2.26. The van der Waals surface area contributed by atoms with Crippen LogP contribution in [0.1, 0.15) is 18.1 Å². The number of allylic oxidation sites excluding steroid dienone is 2. The zero-order valence-electron chi connectivity index (χ0n) is 13.7. The molecule has 1 fully saturated rings. The maximum atomic E-state index is 13.0. The van der Waals surface area contributed by atoms with Crippen LogP contribution < -0.4 is 0 Å². The van der Waals surface area contributed by atoms with Gasteiger partial charge in [-0.25, -0.2) is 0 Å². The van der Waals surface area contributed by atoms with Gasteiger partial charge in [0.25, 0.3) is 0 Å². The van der Waals surface area contributed by atoms with Gasteiger partial charge in [0.1, 0.15) is 0 Å². The molecule has 2 aliphatic carbocycles. The first kappa shape index (κ1) is 14.9. The van der Waals surface area contributed by atoms with Crippen LogP contribution in [-0.2, 0) is 19.7 Å². The number of hydrogen-bond donors (Lipinski definition) is 0. The van der Waals surface area contributed by atoms with Gasteiger partial charge in [0.2, 0.25) is 5.78 Å². The van der Waals surface area contributed by atoms with Crippen LogP contribution in [-0.4, -0.2) is 18.7 Å². The summed E-state index contributed by atoms with van der Waals surface area (Å²) in [7, 11) is 1.44. The zero-order valence-corrected chi connectivity index (χ0v) is 13.7. The highest BCUT2D eigenvalue weighted by Crippen LogP contribution is 2.75. The molecule has 1 saturated carbocycles. The third kappa shape index (κ3) is 1.57. The average molecular weight is 318 g/mol. The molecule has 0 bridgehead atoms. The number of carbonyl (C=O) groups is 2. The predicted octanol–water partition coefficient (Wildman–Crippen LogP) is 3.29. The maximum absolute atomic E-state index is 13.0. The highest BCUT2D eigenvalue weighted by molar-refractivity contribution is 6.18. The lowest BCUT2D eigenvalue weighted by Gasteiger charge is -2.22. The SMILES string of the molecule is COC1=CC(=O)C2(C)C(C1=O)C2(c1ccccc1)c1ccccc1. The lowest BCUT2D eigenvalue weighted by molar-refractivity contribution is -0.127. The van der Waals surface area contributed by atoms with Crippen LogP contribution in [0.3, 0.4) is 0 Å². The number of ether oxygens (including phenoxy) is 1. The van der Waals surface area contributed by atoms with E-state index in [1.165, 1.54) is 13.2 Å². The Bertz CT molecular complexity index is 812. The van der Waals surface area contributed by atoms with Gasteiger partial charge in [-0.1, -0.05) is 67.6 Å². The number of ketones is 2. The molecule has 2 aromatic rings. The van der Waals surface area contributed by atoms with Crippen LogP contribution in [0.4, 0.5) is 0 Å². The first-order chi connectivity index (χ1) is 11.6. The second-order valence-electron chi connectivity index (χ2n) is 6.62. The van der Waals surface area contributed by atoms with Crippen molar-refractivity contribution >= 4 is 11.6 Å². The molecule has 0 radical (unpaired) electrons. The summed E-state index contributed by atoms with van der Waals surface area (Å²) in [5, 5.41) is 0. The first-order valence-corrected chi connectivity index (χ1v) is 8.04. The smallest absolute Gasteiger partial charge is 0.202 e. The molecular weight excluding hydrogens is 300 g/mol. The molecular formula is C21H18O3. The van der Waals surface area contributed by atoms with Gasteiger partial charge < -0.3 is 4.74 Å². The maximum Gasteiger partial charge on any atom is 0.202 e. The Kier molecular flexibility index (Phi) is 3.04. The minimum atomic E-state index is -0.769. The van der Waals surface area contributed by atoms with Crippen LogP contribution in [0.5, 0.6) is 0 Å². The van der Waals surface area contributed by atoms with Gasteiger partial charge in [-0.3, -0.25) is 9.59 Å². The molecule has 4 rings (SSSR count). The molecule has 2 unspecified atom stereocenters. The van der Waals surface area contributed by atoms with Crippen molar-refractivity contribution in [1.82, 2.24) is 0 Å². The molecule has 0 heterocycles. The van der Waals surface area contributed by atoms with Gasteiger partial charge in [0.05, 0.1) is 18.4 Å². The van der Waals surface area contributed by atoms with E-state index in [2.05, 4.69) is 0 Å². The normalized spacial score (nSPS) is 27.2. The van der Waals surface area contributed by atoms with Crippen molar-refractivity contribution in [3.63, 3.8) is 0 Å². The number of benzene rings is 2. The number of rotatable bonds is 3. The van der Waals surface area contributed by atoms with E-state index in [0.717, 1.165) is 11.1 Å². The fourth-order valence-corrected chi connectivity index (χ4v) is 4.56. The van der Waals surface area contributed by atoms with E-state index in [1.807, 2.05) is 67.6 Å². The molecule has 2 aliphatic rings. The van der Waals surface area contributed by atoms with E-state index in [9.17, 15) is 9.59 Å². The van der Waals surface area contributed by atoms with Gasteiger partial charge in [0, 0.05) is 11.5 Å². The molecule has 120 valence electrons. The number of fused-ring (bicyclic) bond motifs is 1. The molecule has 0 saturated heterocycles. The van der Waals surface area contributed by atoms with Crippen LogP contribution in [0.25, 0.3) is 0 Å². The summed E-state index contributed by atoms with van der Waals surface area (Å²) in [4.78, 5) is 25.9. The molecule has 24 heavy (non-hydrogen) atoms. The van der Waals surface area contributed by atoms with Crippen LogP contribution in [0, 0.1) is 11.3 Å². The predicted molar refractivity (Wildman–Crippen MR) is 90.4 cm³/mol. The van der Waals surface area contributed by atoms with Gasteiger partial charge in [-0.15, -0.1) is 0 Å². The standard InChI is InChI=1S/C21H18O3/c1-20-17(22)13-16(24-2)18(23)19(20)21(20,14-9-5-3-6-10-14)15-11-7-4-8-12-15/h3-13,19H,1-2H3. The Balaban J connectivity index is 1.99. The summed E-state index contributed by atoms with van der Waals surface area (Å²) in [6, 6.07) is 19.7. The topological polar surface area (TPSA) is 43.4 Å². The third-order valence-corrected chi connectivity index (χ3v) is 5.70. The van der Waals surface area contributed by atoms with E-state index in [1.54, 1.807) is 0 Å². The van der Waals surface area contributed by atoms with Gasteiger partial charge in [-0.05, 0) is 11.1 Å². The van der Waals surface area contributed by atoms with E-state index >= 15 is 0 Å². The highest BCUT2D eigenvalue weighted by atomic mass is 16.5. The summed E-state index contributed by atoms with van der Waals surface area (Å²) in [5.74, 6) is -0.401. The summed E-state index contributed by atoms with van der Waals surface area (Å²) < 4.78 is 5.17. The Hall–Kier alpha value is -2.68. The van der Waals surface area contributed by atoms with E-state index in [4.69, 9.17) is 4.74 Å². The lowest BCUT2D eigenvalue weighted by atomic mass is 9.79. The van der Waals surface area contributed by atoms with Gasteiger partial charge >= 0.3 is 0 Å². The Morgan fingerprint density at radius 1 is 0.875 bits per heavy atom. The molecule has 3 nitrogen and oxygen atoms in total. The van der Waals surface area contributed by atoms with Crippen molar-refractivity contribution < 1.29 is 14.3 Å². The Morgan fingerprint density at radius 2 is 1.38 bits per heavy atom. The minimum Gasteiger partial charge on any atom is -0.493 e. The molecule has 0 N–H and O–H groups in total. The number of carbonyl (C=O) groups excluding carboxylic acids is 2. The van der Waals surface area contributed by atoms with Crippen molar-refractivity contribution in [3.8, 4) is 0 Å². The summed E-state index contributed by atoms with van der Waals surface area (Å²) >= 11 is 0. The van der Waals surface area contributed by atoms with Gasteiger partial charge in [0.15, 0.2) is 11.5 Å². The molecule has 3 heteroatoms. The fourth-order valence-electron chi connectivity index (χ4n) is 4.56. The quantitative estimate of drug-likeness (QED) is 0.872. The minimum absolute atomic E-state index is 0.0448. The van der Waals surface area contributed by atoms with Crippen molar-refractivity contribution in [2.45, 2.75) is 12.3 Å². The van der Waals surface area contributed by atoms with Crippen LogP contribution >= 0.6 is 0 Å². The third-order valence-electron chi connectivity index (χ3n) is 5.70. The second-order valence-corrected chi connectivity index (χ2v) is 6.62. The second kappa shape index (κ2) is 4.91. The van der Waals surface area contributed by atoms with Gasteiger partial charge in [-0.2, -0.15) is 0 Å². The molecule has 2 atom stereocenters. The van der Waals surface area contributed by atoms with Crippen LogP contribution in [0.2, 0.25) is 0 Å². The van der Waals surface area contributed by atoms with E-state index in [0.29, 0.717) is 0 Å². The zero-order chi connectivity index (χ0) is 16.9. The highest BCUT2D eigenvalue weighted by Gasteiger charge is 2.82. The van der Waals surface area contributed by atoms with Crippen LogP contribution in [0.15, 0.2) is 72.5 Å². The fraction of sp³-hybridized carbons (Fsp3) is 0.238. The summed E-state index contributed by atoms with van der Waals surface area (Å²) in [6.45, 7) is 1.90. The van der Waals surface area contributed by atoms with Crippen molar-refractivity contribution in [1.29, 1.82) is 0 Å². The number of methoxy groups -OCH3 is 1. The molecule has 0 spiro atoms. The van der Waals surface area contributed by atoms with Crippen molar-refractivity contribution in [2.75, 3.05) is 7.11 Å².